The molecular formula is C20H27N3O2S. The minimum atomic E-state index is -0.0218. The van der Waals surface area contributed by atoms with Crippen molar-refractivity contribution in [3.8, 4) is 0 Å². The third kappa shape index (κ3) is 5.04. The van der Waals surface area contributed by atoms with Crippen LogP contribution < -0.4 is 5.32 Å². The number of thioether (sulfide) groups is 1. The van der Waals surface area contributed by atoms with Crippen LogP contribution in [-0.2, 0) is 6.54 Å². The highest BCUT2D eigenvalue weighted by atomic mass is 32.2. The molecule has 1 aliphatic heterocycles. The summed E-state index contributed by atoms with van der Waals surface area (Å²) >= 11 is 1.93. The highest BCUT2D eigenvalue weighted by molar-refractivity contribution is 8.00. The van der Waals surface area contributed by atoms with Crippen LogP contribution in [0, 0.1) is 6.92 Å². The predicted molar refractivity (Wildman–Crippen MR) is 104 cm³/mol. The number of aryl methyl sites for hydroxylation is 1. The Balaban J connectivity index is 1.43. The summed E-state index contributed by atoms with van der Waals surface area (Å²) < 4.78 is 5.27. The molecule has 1 saturated heterocycles. The van der Waals surface area contributed by atoms with Crippen molar-refractivity contribution >= 4 is 17.8 Å². The van der Waals surface area contributed by atoms with Crippen molar-refractivity contribution in [1.82, 2.24) is 15.4 Å². The molecule has 1 N–H and O–H groups in total. The van der Waals surface area contributed by atoms with Gasteiger partial charge in [0.25, 0.3) is 0 Å². The molecule has 6 heteroatoms. The zero-order chi connectivity index (χ0) is 18.5. The second kappa shape index (κ2) is 8.62. The lowest BCUT2D eigenvalue weighted by Crippen LogP contribution is -2.44. The van der Waals surface area contributed by atoms with Gasteiger partial charge in [-0.1, -0.05) is 36.7 Å². The Bertz CT molecular complexity index is 736. The number of amides is 2. The van der Waals surface area contributed by atoms with Crippen molar-refractivity contribution in [2.75, 3.05) is 13.1 Å². The van der Waals surface area contributed by atoms with E-state index in [2.05, 4.69) is 55.5 Å². The summed E-state index contributed by atoms with van der Waals surface area (Å²) in [5.74, 6) is 1.03. The summed E-state index contributed by atoms with van der Waals surface area (Å²) in [6.45, 7) is 8.23. The molecule has 26 heavy (non-hydrogen) atoms. The molecule has 0 saturated carbocycles. The van der Waals surface area contributed by atoms with Crippen molar-refractivity contribution in [1.29, 1.82) is 0 Å². The summed E-state index contributed by atoms with van der Waals surface area (Å²) in [7, 11) is 0. The SMILES string of the molecule is Cc1cccc(SC2CCN(C(=O)NCc3cc(C(C)C)no3)CC2)c1. The zero-order valence-corrected chi connectivity index (χ0v) is 16.5. The molecule has 1 aromatic heterocycles. The lowest BCUT2D eigenvalue weighted by molar-refractivity contribution is 0.186. The van der Waals surface area contributed by atoms with Gasteiger partial charge in [-0.25, -0.2) is 4.79 Å². The number of hydrogen-bond acceptors (Lipinski definition) is 4. The third-order valence-corrected chi connectivity index (χ3v) is 5.93. The van der Waals surface area contributed by atoms with E-state index in [1.54, 1.807) is 0 Å². The van der Waals surface area contributed by atoms with E-state index in [9.17, 15) is 4.79 Å². The molecule has 0 unspecified atom stereocenters. The van der Waals surface area contributed by atoms with Gasteiger partial charge in [-0.2, -0.15) is 0 Å². The molecule has 0 radical (unpaired) electrons. The van der Waals surface area contributed by atoms with E-state index in [4.69, 9.17) is 4.52 Å². The Kier molecular flexibility index (Phi) is 6.25. The molecule has 2 heterocycles. The minimum absolute atomic E-state index is 0.0218. The Hall–Kier alpha value is -1.95. The predicted octanol–water partition coefficient (Wildman–Crippen LogP) is 4.57. The highest BCUT2D eigenvalue weighted by Crippen LogP contribution is 2.30. The molecule has 3 rings (SSSR count). The van der Waals surface area contributed by atoms with Crippen LogP contribution in [-0.4, -0.2) is 34.4 Å². The number of benzene rings is 1. The lowest BCUT2D eigenvalue weighted by Gasteiger charge is -2.31. The first-order chi connectivity index (χ1) is 12.5. The molecule has 0 atom stereocenters. The van der Waals surface area contributed by atoms with E-state index in [0.717, 1.165) is 31.6 Å². The monoisotopic (exact) mass is 373 g/mol. The standard InChI is InChI=1S/C20H27N3O2S/c1-14(2)19-12-16(25-22-19)13-21-20(24)23-9-7-17(8-10-23)26-18-6-4-5-15(3)11-18/h4-6,11-12,14,17H,7-10,13H2,1-3H3,(H,21,24). The minimum Gasteiger partial charge on any atom is -0.359 e. The number of carbonyl (C=O) groups is 1. The number of rotatable bonds is 5. The van der Waals surface area contributed by atoms with Crippen LogP contribution in [0.5, 0.6) is 0 Å². The first-order valence-corrected chi connectivity index (χ1v) is 10.1. The fourth-order valence-corrected chi connectivity index (χ4v) is 4.26. The van der Waals surface area contributed by atoms with Crippen LogP contribution in [0.3, 0.4) is 0 Å². The number of aromatic nitrogens is 1. The van der Waals surface area contributed by atoms with Crippen LogP contribution in [0.15, 0.2) is 39.8 Å². The highest BCUT2D eigenvalue weighted by Gasteiger charge is 2.23. The van der Waals surface area contributed by atoms with Crippen molar-refractivity contribution < 1.29 is 9.32 Å². The first-order valence-electron chi connectivity index (χ1n) is 9.23. The van der Waals surface area contributed by atoms with Gasteiger partial charge in [0.05, 0.1) is 12.2 Å². The smallest absolute Gasteiger partial charge is 0.317 e. The summed E-state index contributed by atoms with van der Waals surface area (Å²) in [4.78, 5) is 15.6. The van der Waals surface area contributed by atoms with Crippen LogP contribution in [0.25, 0.3) is 0 Å². The Morgan fingerprint density at radius 3 is 2.77 bits per heavy atom. The fourth-order valence-electron chi connectivity index (χ4n) is 3.02. The number of piperidine rings is 1. The molecule has 1 aromatic carbocycles. The lowest BCUT2D eigenvalue weighted by atomic mass is 10.1. The summed E-state index contributed by atoms with van der Waals surface area (Å²) in [5, 5.41) is 7.53. The molecule has 2 amide bonds. The quantitative estimate of drug-likeness (QED) is 0.834. The topological polar surface area (TPSA) is 58.4 Å². The molecule has 0 bridgehead atoms. The van der Waals surface area contributed by atoms with Gasteiger partial charge < -0.3 is 14.7 Å². The maximum absolute atomic E-state index is 12.4. The van der Waals surface area contributed by atoms with Gasteiger partial charge in [0.1, 0.15) is 0 Å². The Morgan fingerprint density at radius 2 is 2.12 bits per heavy atom. The maximum Gasteiger partial charge on any atom is 0.317 e. The van der Waals surface area contributed by atoms with E-state index in [1.807, 2.05) is 22.7 Å². The van der Waals surface area contributed by atoms with Crippen LogP contribution in [0.2, 0.25) is 0 Å². The summed E-state index contributed by atoms with van der Waals surface area (Å²) in [5.41, 5.74) is 2.21. The van der Waals surface area contributed by atoms with Gasteiger partial charge in [0, 0.05) is 29.3 Å². The van der Waals surface area contributed by atoms with E-state index < -0.39 is 0 Å². The number of hydrogen-bond donors (Lipinski definition) is 1. The molecule has 0 spiro atoms. The van der Waals surface area contributed by atoms with Gasteiger partial charge >= 0.3 is 6.03 Å². The summed E-state index contributed by atoms with van der Waals surface area (Å²) in [6, 6.07) is 10.5. The van der Waals surface area contributed by atoms with Crippen LogP contribution in [0.4, 0.5) is 4.79 Å². The van der Waals surface area contributed by atoms with Crippen LogP contribution in [0.1, 0.15) is 49.6 Å². The Labute approximate surface area is 159 Å². The molecule has 5 nitrogen and oxygen atoms in total. The second-order valence-corrected chi connectivity index (χ2v) is 8.53. The van der Waals surface area contributed by atoms with Gasteiger partial charge in [0.2, 0.25) is 0 Å². The van der Waals surface area contributed by atoms with Crippen molar-refractivity contribution in [2.45, 2.75) is 56.2 Å². The van der Waals surface area contributed by atoms with E-state index >= 15 is 0 Å². The first kappa shape index (κ1) is 18.8. The zero-order valence-electron chi connectivity index (χ0n) is 15.7. The number of carbonyl (C=O) groups excluding carboxylic acids is 1. The van der Waals surface area contributed by atoms with Crippen LogP contribution >= 0.6 is 11.8 Å². The molecule has 0 aliphatic carbocycles. The van der Waals surface area contributed by atoms with Crippen molar-refractivity contribution in [3.63, 3.8) is 0 Å². The van der Waals surface area contributed by atoms with Gasteiger partial charge in [-0.3, -0.25) is 0 Å². The van der Waals surface area contributed by atoms with Crippen molar-refractivity contribution in [3.05, 3.63) is 47.3 Å². The fraction of sp³-hybridized carbons (Fsp3) is 0.500. The molecular weight excluding hydrogens is 346 g/mol. The molecule has 2 aromatic rings. The normalized spacial score (nSPS) is 15.5. The Morgan fingerprint density at radius 1 is 1.35 bits per heavy atom. The average molecular weight is 374 g/mol. The summed E-state index contributed by atoms with van der Waals surface area (Å²) in [6.07, 6.45) is 2.04. The second-order valence-electron chi connectivity index (χ2n) is 7.15. The number of nitrogens with one attached hydrogen (secondary N) is 1. The maximum atomic E-state index is 12.4. The van der Waals surface area contributed by atoms with Crippen molar-refractivity contribution in [2.24, 2.45) is 0 Å². The molecule has 1 aliphatic rings. The molecule has 1 fully saturated rings. The van der Waals surface area contributed by atoms with E-state index in [-0.39, 0.29) is 6.03 Å². The molecule has 140 valence electrons. The number of likely N-dealkylation sites (tertiary alicyclic amines) is 1. The van der Waals surface area contributed by atoms with E-state index in [0.29, 0.717) is 23.5 Å². The van der Waals surface area contributed by atoms with Gasteiger partial charge in [-0.15, -0.1) is 11.8 Å². The van der Waals surface area contributed by atoms with Gasteiger partial charge in [0.15, 0.2) is 5.76 Å². The largest absolute Gasteiger partial charge is 0.359 e. The average Bonchev–Trinajstić information content (AvgIpc) is 3.10. The van der Waals surface area contributed by atoms with E-state index in [1.165, 1.54) is 10.5 Å². The number of nitrogens with zero attached hydrogens (tertiary/aromatic N) is 2. The van der Waals surface area contributed by atoms with Gasteiger partial charge in [-0.05, 0) is 37.8 Å². The third-order valence-electron chi connectivity index (χ3n) is 4.60. The number of urea groups is 1.